The fourth-order valence-electron chi connectivity index (χ4n) is 3.64. The number of benzene rings is 1. The summed E-state index contributed by atoms with van der Waals surface area (Å²) in [5.74, 6) is 2.59. The van der Waals surface area contributed by atoms with Gasteiger partial charge >= 0.3 is 0 Å². The molecule has 2 atom stereocenters. The number of rotatable bonds is 7. The van der Waals surface area contributed by atoms with Crippen LogP contribution in [0.2, 0.25) is 0 Å². The van der Waals surface area contributed by atoms with Gasteiger partial charge in [-0.05, 0) is 33.0 Å². The van der Waals surface area contributed by atoms with Crippen molar-refractivity contribution in [2.24, 2.45) is 4.99 Å². The minimum absolute atomic E-state index is 0. The van der Waals surface area contributed by atoms with E-state index in [0.717, 1.165) is 43.5 Å². The molecule has 1 aliphatic rings. The number of methoxy groups -OCH3 is 1. The lowest BCUT2D eigenvalue weighted by Crippen LogP contribution is -2.48. The van der Waals surface area contributed by atoms with Crippen LogP contribution >= 0.6 is 24.0 Å². The van der Waals surface area contributed by atoms with E-state index in [1.807, 2.05) is 11.7 Å². The molecule has 1 aromatic carbocycles. The van der Waals surface area contributed by atoms with Crippen molar-refractivity contribution in [1.82, 2.24) is 30.3 Å². The minimum Gasteiger partial charge on any atom is -0.377 e. The largest absolute Gasteiger partial charge is 0.377 e. The molecule has 166 valence electrons. The number of aryl methyl sites for hydroxylation is 2. The number of hydrogen-bond donors (Lipinski definition) is 2. The predicted octanol–water partition coefficient (Wildman–Crippen LogP) is 2.13. The summed E-state index contributed by atoms with van der Waals surface area (Å²) < 4.78 is 7.13. The van der Waals surface area contributed by atoms with E-state index in [0.29, 0.717) is 6.61 Å². The van der Waals surface area contributed by atoms with Crippen molar-refractivity contribution in [3.8, 4) is 0 Å². The first kappa shape index (κ1) is 24.5. The molecule has 9 heteroatoms. The number of nitrogens with one attached hydrogen (secondary N) is 2. The van der Waals surface area contributed by atoms with E-state index in [-0.39, 0.29) is 36.1 Å². The molecule has 30 heavy (non-hydrogen) atoms. The average Bonchev–Trinajstić information content (AvgIpc) is 3.10. The molecule has 0 aliphatic carbocycles. The summed E-state index contributed by atoms with van der Waals surface area (Å²) in [6.07, 6.45) is 1.90. The van der Waals surface area contributed by atoms with Crippen molar-refractivity contribution in [1.29, 1.82) is 0 Å². The van der Waals surface area contributed by atoms with Crippen molar-refractivity contribution >= 4 is 29.9 Å². The van der Waals surface area contributed by atoms with Crippen LogP contribution in [0.1, 0.15) is 35.2 Å². The molecule has 2 N–H and O–H groups in total. The molecule has 0 saturated heterocycles. The van der Waals surface area contributed by atoms with Crippen LogP contribution in [0.3, 0.4) is 0 Å². The van der Waals surface area contributed by atoms with Gasteiger partial charge in [-0.15, -0.1) is 24.0 Å². The minimum atomic E-state index is 0. The maximum absolute atomic E-state index is 5.14. The molecular formula is C21H34IN7O. The zero-order valence-electron chi connectivity index (χ0n) is 18.6. The van der Waals surface area contributed by atoms with Gasteiger partial charge in [0.25, 0.3) is 0 Å². The molecule has 2 unspecified atom stereocenters. The lowest BCUT2D eigenvalue weighted by molar-refractivity contribution is 0.177. The Hall–Kier alpha value is -1.72. The van der Waals surface area contributed by atoms with E-state index in [1.54, 1.807) is 7.11 Å². The Morgan fingerprint density at radius 1 is 1.33 bits per heavy atom. The summed E-state index contributed by atoms with van der Waals surface area (Å²) in [5.41, 5.74) is 2.56. The van der Waals surface area contributed by atoms with E-state index in [2.05, 4.69) is 75.9 Å². The monoisotopic (exact) mass is 527 g/mol. The van der Waals surface area contributed by atoms with Crippen LogP contribution in [-0.2, 0) is 24.3 Å². The van der Waals surface area contributed by atoms with E-state index in [1.165, 1.54) is 11.1 Å². The van der Waals surface area contributed by atoms with Crippen LogP contribution in [0.4, 0.5) is 0 Å². The number of likely N-dealkylation sites (N-methyl/N-ethyl adjacent to an activating group) is 1. The van der Waals surface area contributed by atoms with E-state index < -0.39 is 0 Å². The molecule has 0 radical (unpaired) electrons. The lowest BCUT2D eigenvalue weighted by atomic mass is 10.0. The standard InChI is InChI=1S/C21H33N7O.HI/c1-15-6-8-16(9-7-15)18(27(3)4)12-23-21(22-2)24-17-10-11-20-25-19(14-29-5)26-28(20)13-17;/h6-9,17-18H,10-14H2,1-5H3,(H2,22,23,24);1H. The molecular weight excluding hydrogens is 493 g/mol. The first-order chi connectivity index (χ1) is 14.0. The molecule has 2 heterocycles. The summed E-state index contributed by atoms with van der Waals surface area (Å²) in [4.78, 5) is 11.2. The first-order valence-corrected chi connectivity index (χ1v) is 10.1. The Labute approximate surface area is 196 Å². The van der Waals surface area contributed by atoms with Crippen LogP contribution in [0, 0.1) is 6.92 Å². The number of halogens is 1. The van der Waals surface area contributed by atoms with E-state index >= 15 is 0 Å². The van der Waals surface area contributed by atoms with Gasteiger partial charge in [-0.2, -0.15) is 5.10 Å². The number of aliphatic imine (C=N–C) groups is 1. The first-order valence-electron chi connectivity index (χ1n) is 10.1. The Morgan fingerprint density at radius 3 is 2.70 bits per heavy atom. The molecule has 0 amide bonds. The Kier molecular flexibility index (Phi) is 9.50. The van der Waals surface area contributed by atoms with Crippen molar-refractivity contribution in [2.75, 3.05) is 34.8 Å². The summed E-state index contributed by atoms with van der Waals surface area (Å²) in [5, 5.41) is 11.6. The third-order valence-electron chi connectivity index (χ3n) is 5.29. The third kappa shape index (κ3) is 6.39. The fraction of sp³-hybridized carbons (Fsp3) is 0.571. The summed E-state index contributed by atoms with van der Waals surface area (Å²) in [7, 11) is 7.69. The van der Waals surface area contributed by atoms with Crippen molar-refractivity contribution in [3.05, 3.63) is 47.0 Å². The Bertz CT molecular complexity index is 819. The quantitative estimate of drug-likeness (QED) is 0.327. The second-order valence-corrected chi connectivity index (χ2v) is 7.78. The Balaban J connectivity index is 0.00000320. The SMILES string of the molecule is CN=C(NCC(c1ccc(C)cc1)N(C)C)NC1CCc2nc(COC)nn2C1.I. The van der Waals surface area contributed by atoms with Gasteiger partial charge in [0, 0.05) is 33.2 Å². The van der Waals surface area contributed by atoms with Gasteiger partial charge in [-0.1, -0.05) is 29.8 Å². The van der Waals surface area contributed by atoms with Gasteiger partial charge in [-0.25, -0.2) is 9.67 Å². The number of fused-ring (bicyclic) bond motifs is 1. The van der Waals surface area contributed by atoms with Crippen molar-refractivity contribution in [3.63, 3.8) is 0 Å². The lowest BCUT2D eigenvalue weighted by Gasteiger charge is -2.28. The van der Waals surface area contributed by atoms with Crippen LogP contribution < -0.4 is 10.6 Å². The number of aromatic nitrogens is 3. The van der Waals surface area contributed by atoms with E-state index in [4.69, 9.17) is 4.74 Å². The zero-order valence-corrected chi connectivity index (χ0v) is 20.9. The molecule has 8 nitrogen and oxygen atoms in total. The number of nitrogens with zero attached hydrogens (tertiary/aromatic N) is 5. The second-order valence-electron chi connectivity index (χ2n) is 7.78. The highest BCUT2D eigenvalue weighted by Crippen LogP contribution is 2.18. The van der Waals surface area contributed by atoms with Crippen LogP contribution in [-0.4, -0.2) is 66.5 Å². The van der Waals surface area contributed by atoms with Gasteiger partial charge in [0.1, 0.15) is 12.4 Å². The molecule has 2 aromatic rings. The van der Waals surface area contributed by atoms with Gasteiger partial charge in [0.05, 0.1) is 12.6 Å². The summed E-state index contributed by atoms with van der Waals surface area (Å²) in [6.45, 7) is 4.12. The van der Waals surface area contributed by atoms with Crippen LogP contribution in [0.5, 0.6) is 0 Å². The van der Waals surface area contributed by atoms with Crippen LogP contribution in [0.15, 0.2) is 29.3 Å². The van der Waals surface area contributed by atoms with Crippen molar-refractivity contribution in [2.45, 2.75) is 45.0 Å². The maximum Gasteiger partial charge on any atom is 0.191 e. The summed E-state index contributed by atoms with van der Waals surface area (Å²) in [6, 6.07) is 9.25. The smallest absolute Gasteiger partial charge is 0.191 e. The average molecular weight is 527 g/mol. The zero-order chi connectivity index (χ0) is 20.8. The van der Waals surface area contributed by atoms with Gasteiger partial charge in [0.15, 0.2) is 11.8 Å². The summed E-state index contributed by atoms with van der Waals surface area (Å²) >= 11 is 0. The molecule has 3 rings (SSSR count). The molecule has 1 aliphatic heterocycles. The van der Waals surface area contributed by atoms with Gasteiger partial charge in [0.2, 0.25) is 0 Å². The van der Waals surface area contributed by atoms with Crippen molar-refractivity contribution < 1.29 is 4.74 Å². The molecule has 0 saturated carbocycles. The highest BCUT2D eigenvalue weighted by atomic mass is 127. The molecule has 0 fully saturated rings. The highest BCUT2D eigenvalue weighted by molar-refractivity contribution is 14.0. The molecule has 1 aromatic heterocycles. The molecule has 0 spiro atoms. The third-order valence-corrected chi connectivity index (χ3v) is 5.29. The Morgan fingerprint density at radius 2 is 2.07 bits per heavy atom. The number of guanidine groups is 1. The molecule has 0 bridgehead atoms. The maximum atomic E-state index is 5.14. The second kappa shape index (κ2) is 11.6. The highest BCUT2D eigenvalue weighted by Gasteiger charge is 2.23. The number of ether oxygens (including phenoxy) is 1. The van der Waals surface area contributed by atoms with Gasteiger partial charge in [-0.3, -0.25) is 4.99 Å². The van der Waals surface area contributed by atoms with Gasteiger partial charge < -0.3 is 20.3 Å². The normalized spacial score (nSPS) is 17.3. The topological polar surface area (TPSA) is 79.6 Å². The van der Waals surface area contributed by atoms with Crippen LogP contribution in [0.25, 0.3) is 0 Å². The fourth-order valence-corrected chi connectivity index (χ4v) is 3.64. The van der Waals surface area contributed by atoms with E-state index in [9.17, 15) is 0 Å². The predicted molar refractivity (Wildman–Crippen MR) is 130 cm³/mol. The number of hydrogen-bond acceptors (Lipinski definition) is 5.